The van der Waals surface area contributed by atoms with Crippen molar-refractivity contribution in [3.8, 4) is 0 Å². The van der Waals surface area contributed by atoms with E-state index in [1.54, 1.807) is 12.3 Å². The van der Waals surface area contributed by atoms with Gasteiger partial charge in [0.05, 0.1) is 11.2 Å². The van der Waals surface area contributed by atoms with Crippen LogP contribution in [0, 0.1) is 0 Å². The van der Waals surface area contributed by atoms with Gasteiger partial charge in [-0.2, -0.15) is 0 Å². The summed E-state index contributed by atoms with van der Waals surface area (Å²) in [7, 11) is -0.483. The molecule has 92 valence electrons. The van der Waals surface area contributed by atoms with Gasteiger partial charge in [-0.05, 0) is 49.7 Å². The Morgan fingerprint density at radius 3 is 2.24 bits per heavy atom. The summed E-state index contributed by atoms with van der Waals surface area (Å²) < 4.78 is 12.5. The van der Waals surface area contributed by atoms with E-state index in [4.69, 9.17) is 15.0 Å². The van der Waals surface area contributed by atoms with Gasteiger partial charge in [0.2, 0.25) is 0 Å². The van der Waals surface area contributed by atoms with Crippen molar-refractivity contribution in [2.24, 2.45) is 0 Å². The molecule has 0 saturated carbocycles. The Kier molecular flexibility index (Phi) is 3.00. The lowest BCUT2D eigenvalue weighted by molar-refractivity contribution is 0.00578. The molecule has 2 heterocycles. The first-order valence-corrected chi connectivity index (χ1v) is 6.29. The van der Waals surface area contributed by atoms with Crippen molar-refractivity contribution in [1.29, 1.82) is 0 Å². The number of halogens is 1. The van der Waals surface area contributed by atoms with Crippen LogP contribution in [0.25, 0.3) is 0 Å². The van der Waals surface area contributed by atoms with Crippen molar-refractivity contribution in [1.82, 2.24) is 4.98 Å². The van der Waals surface area contributed by atoms with Crippen LogP contribution in [0.5, 0.6) is 0 Å². The maximum absolute atomic E-state index is 5.95. The molecular formula is C11H16BBrN2O2. The SMILES string of the molecule is CC1(C)OB(c2c(N)ccnc2Br)OC1(C)C. The summed E-state index contributed by atoms with van der Waals surface area (Å²) >= 11 is 3.38. The van der Waals surface area contributed by atoms with Crippen molar-refractivity contribution in [2.75, 3.05) is 5.73 Å². The molecule has 4 nitrogen and oxygen atoms in total. The lowest BCUT2D eigenvalue weighted by Gasteiger charge is -2.32. The molecular weight excluding hydrogens is 283 g/mol. The van der Waals surface area contributed by atoms with Crippen LogP contribution in [-0.2, 0) is 9.31 Å². The van der Waals surface area contributed by atoms with Crippen molar-refractivity contribution in [3.63, 3.8) is 0 Å². The molecule has 6 heteroatoms. The van der Waals surface area contributed by atoms with Crippen LogP contribution in [0.15, 0.2) is 16.9 Å². The van der Waals surface area contributed by atoms with Crippen LogP contribution in [0.4, 0.5) is 5.69 Å². The number of nitrogens with zero attached hydrogens (tertiary/aromatic N) is 1. The Balaban J connectivity index is 2.39. The molecule has 0 spiro atoms. The maximum Gasteiger partial charge on any atom is 0.499 e. The fourth-order valence-electron chi connectivity index (χ4n) is 1.66. The molecule has 2 rings (SSSR count). The molecule has 0 bridgehead atoms. The van der Waals surface area contributed by atoms with Gasteiger partial charge in [0.25, 0.3) is 0 Å². The molecule has 1 aromatic rings. The summed E-state index contributed by atoms with van der Waals surface area (Å²) in [5.41, 5.74) is 6.57. The van der Waals surface area contributed by atoms with Gasteiger partial charge >= 0.3 is 7.12 Å². The smallest absolute Gasteiger partial charge is 0.399 e. The number of rotatable bonds is 1. The number of nitrogens with two attached hydrogens (primary N) is 1. The molecule has 0 amide bonds. The Labute approximate surface area is 110 Å². The van der Waals surface area contributed by atoms with Gasteiger partial charge < -0.3 is 15.0 Å². The van der Waals surface area contributed by atoms with Gasteiger partial charge in [-0.3, -0.25) is 0 Å². The van der Waals surface area contributed by atoms with Gasteiger partial charge in [0.15, 0.2) is 0 Å². The van der Waals surface area contributed by atoms with Gasteiger partial charge in [-0.15, -0.1) is 0 Å². The van der Waals surface area contributed by atoms with E-state index in [-0.39, 0.29) is 11.2 Å². The topological polar surface area (TPSA) is 57.4 Å². The van der Waals surface area contributed by atoms with Crippen molar-refractivity contribution < 1.29 is 9.31 Å². The first-order valence-electron chi connectivity index (χ1n) is 5.50. The van der Waals surface area contributed by atoms with Gasteiger partial charge in [-0.1, -0.05) is 0 Å². The summed E-state index contributed by atoms with van der Waals surface area (Å²) in [6, 6.07) is 1.74. The zero-order valence-corrected chi connectivity index (χ0v) is 12.0. The molecule has 1 saturated heterocycles. The molecule has 0 aromatic carbocycles. The standard InChI is InChI=1S/C11H16BBrN2O2/c1-10(2)11(3,4)17-12(16-10)8-7(14)5-6-15-9(8)13/h5-6H,1-4H3,(H2,14,15). The number of nitrogen functional groups attached to an aromatic ring is 1. The monoisotopic (exact) mass is 298 g/mol. The Bertz CT molecular complexity index is 415. The molecule has 0 radical (unpaired) electrons. The highest BCUT2D eigenvalue weighted by Gasteiger charge is 2.52. The average Bonchev–Trinajstić information content (AvgIpc) is 2.35. The highest BCUT2D eigenvalue weighted by molar-refractivity contribution is 9.10. The Morgan fingerprint density at radius 2 is 1.76 bits per heavy atom. The Morgan fingerprint density at radius 1 is 1.24 bits per heavy atom. The quantitative estimate of drug-likeness (QED) is 0.634. The molecule has 17 heavy (non-hydrogen) atoms. The van der Waals surface area contributed by atoms with E-state index in [0.29, 0.717) is 10.3 Å². The predicted octanol–water partition coefficient (Wildman–Crippen LogP) is 1.73. The molecule has 1 fully saturated rings. The van der Waals surface area contributed by atoms with E-state index in [9.17, 15) is 0 Å². The fourth-order valence-corrected chi connectivity index (χ4v) is 2.19. The number of anilines is 1. The summed E-state index contributed by atoms with van der Waals surface area (Å²) in [4.78, 5) is 4.16. The van der Waals surface area contributed by atoms with Crippen LogP contribution in [0.3, 0.4) is 0 Å². The van der Waals surface area contributed by atoms with Crippen molar-refractivity contribution >= 4 is 34.2 Å². The van der Waals surface area contributed by atoms with Crippen molar-refractivity contribution in [2.45, 2.75) is 38.9 Å². The number of aromatic nitrogens is 1. The summed E-state index contributed by atoms with van der Waals surface area (Å²) in [6.45, 7) is 8.03. The lowest BCUT2D eigenvalue weighted by atomic mass is 9.79. The van der Waals surface area contributed by atoms with Gasteiger partial charge in [0.1, 0.15) is 4.60 Å². The van der Waals surface area contributed by atoms with E-state index < -0.39 is 7.12 Å². The Hall–Kier alpha value is -0.585. The van der Waals surface area contributed by atoms with E-state index >= 15 is 0 Å². The van der Waals surface area contributed by atoms with Crippen LogP contribution in [-0.4, -0.2) is 23.3 Å². The van der Waals surface area contributed by atoms with E-state index in [1.807, 2.05) is 27.7 Å². The highest BCUT2D eigenvalue weighted by Crippen LogP contribution is 2.37. The second-order valence-corrected chi connectivity index (χ2v) is 5.94. The summed E-state index contributed by atoms with van der Waals surface area (Å²) in [5, 5.41) is 0. The third-order valence-electron chi connectivity index (χ3n) is 3.46. The van der Waals surface area contributed by atoms with Crippen LogP contribution in [0.1, 0.15) is 27.7 Å². The van der Waals surface area contributed by atoms with Crippen LogP contribution in [0.2, 0.25) is 0 Å². The fraction of sp³-hybridized carbons (Fsp3) is 0.545. The highest BCUT2D eigenvalue weighted by atomic mass is 79.9. The van der Waals surface area contributed by atoms with E-state index in [2.05, 4.69) is 20.9 Å². The maximum atomic E-state index is 5.95. The first-order chi connectivity index (χ1) is 7.74. The van der Waals surface area contributed by atoms with Gasteiger partial charge in [0, 0.05) is 17.3 Å². The third-order valence-corrected chi connectivity index (χ3v) is 4.10. The molecule has 0 aliphatic carbocycles. The predicted molar refractivity (Wildman–Crippen MR) is 72.1 cm³/mol. The molecule has 0 atom stereocenters. The van der Waals surface area contributed by atoms with Gasteiger partial charge in [-0.25, -0.2) is 4.98 Å². The zero-order valence-electron chi connectivity index (χ0n) is 10.5. The number of hydrogen-bond donors (Lipinski definition) is 1. The van der Waals surface area contributed by atoms with E-state index in [0.717, 1.165) is 5.46 Å². The number of pyridine rings is 1. The second-order valence-electron chi connectivity index (χ2n) is 5.19. The minimum atomic E-state index is -0.483. The molecule has 1 aliphatic heterocycles. The van der Waals surface area contributed by atoms with Crippen molar-refractivity contribution in [3.05, 3.63) is 16.9 Å². The van der Waals surface area contributed by atoms with Crippen LogP contribution >= 0.6 is 15.9 Å². The first kappa shape index (κ1) is 12.9. The normalized spacial score (nSPS) is 21.8. The second kappa shape index (κ2) is 3.97. The zero-order chi connectivity index (χ0) is 12.8. The summed E-state index contributed by atoms with van der Waals surface area (Å²) in [5.74, 6) is 0. The lowest BCUT2D eigenvalue weighted by Crippen LogP contribution is -2.41. The molecule has 2 N–H and O–H groups in total. The average molecular weight is 299 g/mol. The molecule has 0 unspecified atom stereocenters. The minimum Gasteiger partial charge on any atom is -0.399 e. The third kappa shape index (κ3) is 2.09. The van der Waals surface area contributed by atoms with E-state index in [1.165, 1.54) is 0 Å². The van der Waals surface area contributed by atoms with Crippen LogP contribution < -0.4 is 11.2 Å². The molecule has 1 aliphatic rings. The summed E-state index contributed by atoms with van der Waals surface area (Å²) in [6.07, 6.45) is 1.65. The minimum absolute atomic E-state index is 0.376. The number of hydrogen-bond acceptors (Lipinski definition) is 4. The molecule has 1 aromatic heterocycles. The largest absolute Gasteiger partial charge is 0.499 e.